The summed E-state index contributed by atoms with van der Waals surface area (Å²) in [6.45, 7) is 10.2. The van der Waals surface area contributed by atoms with E-state index in [0.717, 1.165) is 0 Å². The summed E-state index contributed by atoms with van der Waals surface area (Å²) in [6, 6.07) is 14.9. The monoisotopic (exact) mass is 526 g/mol. The Balaban J connectivity index is 1.87. The van der Waals surface area contributed by atoms with Gasteiger partial charge in [-0.2, -0.15) is 0 Å². The Hall–Kier alpha value is -4.08. The second-order valence-corrected chi connectivity index (χ2v) is 10.8. The number of hydrogen-bond acceptors (Lipinski definition) is 8. The van der Waals surface area contributed by atoms with Crippen molar-refractivity contribution in [3.05, 3.63) is 71.8 Å². The molecule has 10 heteroatoms. The molecule has 2 aromatic carbocycles. The lowest BCUT2D eigenvalue weighted by Crippen LogP contribution is -2.54. The van der Waals surface area contributed by atoms with Crippen LogP contribution in [0.4, 0.5) is 9.59 Å². The molecule has 38 heavy (non-hydrogen) atoms. The minimum Gasteiger partial charge on any atom is -0.445 e. The number of benzene rings is 2. The van der Waals surface area contributed by atoms with Gasteiger partial charge in [0.15, 0.2) is 0 Å². The van der Waals surface area contributed by atoms with Gasteiger partial charge in [0.05, 0.1) is 0 Å². The first-order chi connectivity index (χ1) is 17.7. The van der Waals surface area contributed by atoms with E-state index in [4.69, 9.17) is 18.9 Å². The molecule has 10 nitrogen and oxygen atoms in total. The number of amides is 2. The van der Waals surface area contributed by atoms with Gasteiger partial charge in [-0.15, -0.1) is 0 Å². The molecule has 2 amide bonds. The van der Waals surface area contributed by atoms with E-state index in [1.807, 2.05) is 0 Å². The first-order valence-electron chi connectivity index (χ1n) is 12.2. The van der Waals surface area contributed by atoms with Crippen LogP contribution < -0.4 is 10.6 Å². The van der Waals surface area contributed by atoms with Crippen molar-refractivity contribution in [2.75, 3.05) is 0 Å². The molecule has 2 aromatic rings. The molecule has 3 rings (SSSR count). The molecule has 1 saturated heterocycles. The lowest BCUT2D eigenvalue weighted by atomic mass is 9.98. The number of cyclic esters (lactones) is 2. The molecule has 2 N–H and O–H groups in total. The van der Waals surface area contributed by atoms with E-state index < -0.39 is 59.6 Å². The highest BCUT2D eigenvalue weighted by molar-refractivity contribution is 5.89. The molecule has 0 bridgehead atoms. The van der Waals surface area contributed by atoms with Crippen LogP contribution in [0.1, 0.15) is 64.8 Å². The van der Waals surface area contributed by atoms with Crippen LogP contribution in [0, 0.1) is 0 Å². The van der Waals surface area contributed by atoms with Crippen molar-refractivity contribution in [2.24, 2.45) is 0 Å². The second kappa shape index (κ2) is 11.5. The Bertz CT molecular complexity index is 1050. The lowest BCUT2D eigenvalue weighted by molar-refractivity contribution is -0.199. The molecule has 0 aliphatic carbocycles. The summed E-state index contributed by atoms with van der Waals surface area (Å²) >= 11 is 0. The fraction of sp³-hybridized carbons (Fsp3) is 0.429. The maximum absolute atomic E-state index is 13.2. The van der Waals surface area contributed by atoms with E-state index in [9.17, 15) is 19.2 Å². The van der Waals surface area contributed by atoms with Crippen molar-refractivity contribution < 1.29 is 38.1 Å². The second-order valence-electron chi connectivity index (χ2n) is 10.8. The van der Waals surface area contributed by atoms with Gasteiger partial charge in [-0.05, 0) is 52.7 Å². The Kier molecular flexibility index (Phi) is 8.65. The van der Waals surface area contributed by atoms with Crippen molar-refractivity contribution in [2.45, 2.75) is 77.0 Å². The van der Waals surface area contributed by atoms with E-state index in [1.165, 1.54) is 0 Å². The number of ether oxygens (including phenoxy) is 4. The van der Waals surface area contributed by atoms with Crippen LogP contribution in [0.3, 0.4) is 0 Å². The lowest BCUT2D eigenvalue weighted by Gasteiger charge is -2.36. The van der Waals surface area contributed by atoms with E-state index in [-0.39, 0.29) is 0 Å². The Morgan fingerprint density at radius 3 is 1.26 bits per heavy atom. The van der Waals surface area contributed by atoms with Gasteiger partial charge in [-0.3, -0.25) is 0 Å². The van der Waals surface area contributed by atoms with Crippen molar-refractivity contribution in [1.29, 1.82) is 0 Å². The third kappa shape index (κ3) is 7.96. The zero-order chi connectivity index (χ0) is 28.1. The number of hydrogen-bond donors (Lipinski definition) is 2. The standard InChI is InChI=1S/C28H34N2O8/c1-27(2,3)37-25(33)29-19(17-13-9-7-10-14-17)21-23(31)36-22(24(32)35-21)20(18-15-11-8-12-16-18)30-26(34)38-28(4,5)6/h7-16,19-22H,1-6H3,(H,29,33)(H,30,34)/t19-,20-,21+,22+/m0/s1. The zero-order valence-corrected chi connectivity index (χ0v) is 22.3. The van der Waals surface area contributed by atoms with Crippen LogP contribution in [0.5, 0.6) is 0 Å². The van der Waals surface area contributed by atoms with E-state index in [2.05, 4.69) is 10.6 Å². The number of carbonyl (C=O) groups excluding carboxylic acids is 4. The van der Waals surface area contributed by atoms with Crippen LogP contribution in [-0.4, -0.2) is 47.5 Å². The molecular formula is C28H34N2O8. The molecule has 1 heterocycles. The third-order valence-electron chi connectivity index (χ3n) is 5.22. The van der Waals surface area contributed by atoms with Crippen molar-refractivity contribution in [3.8, 4) is 0 Å². The summed E-state index contributed by atoms with van der Waals surface area (Å²) in [5.74, 6) is -1.79. The summed E-state index contributed by atoms with van der Waals surface area (Å²) in [6.07, 6.45) is -4.59. The quantitative estimate of drug-likeness (QED) is 0.420. The normalized spacial score (nSPS) is 19.3. The maximum Gasteiger partial charge on any atom is 0.408 e. The summed E-state index contributed by atoms with van der Waals surface area (Å²) in [5.41, 5.74) is -0.594. The highest BCUT2D eigenvalue weighted by Gasteiger charge is 2.48. The number of rotatable bonds is 6. The number of esters is 2. The summed E-state index contributed by atoms with van der Waals surface area (Å²) in [5, 5.41) is 5.23. The Morgan fingerprint density at radius 1 is 0.658 bits per heavy atom. The van der Waals surface area contributed by atoms with Gasteiger partial charge in [0, 0.05) is 0 Å². The van der Waals surface area contributed by atoms with E-state index in [1.54, 1.807) is 102 Å². The molecule has 1 aliphatic rings. The van der Waals surface area contributed by atoms with Crippen LogP contribution in [0.2, 0.25) is 0 Å². The summed E-state index contributed by atoms with van der Waals surface area (Å²) in [7, 11) is 0. The highest BCUT2D eigenvalue weighted by Crippen LogP contribution is 2.30. The average Bonchev–Trinajstić information content (AvgIpc) is 2.81. The first kappa shape index (κ1) is 28.5. The molecule has 0 spiro atoms. The zero-order valence-electron chi connectivity index (χ0n) is 22.3. The predicted molar refractivity (Wildman–Crippen MR) is 137 cm³/mol. The third-order valence-corrected chi connectivity index (χ3v) is 5.22. The highest BCUT2D eigenvalue weighted by atomic mass is 16.7. The Morgan fingerprint density at radius 2 is 0.974 bits per heavy atom. The number of nitrogens with one attached hydrogen (secondary N) is 2. The minimum atomic E-state index is -1.49. The van der Waals surface area contributed by atoms with E-state index >= 15 is 0 Å². The van der Waals surface area contributed by atoms with Crippen LogP contribution >= 0.6 is 0 Å². The van der Waals surface area contributed by atoms with Gasteiger partial charge < -0.3 is 29.6 Å². The van der Waals surface area contributed by atoms with Gasteiger partial charge in [-0.25, -0.2) is 19.2 Å². The predicted octanol–water partition coefficient (Wildman–Crippen LogP) is 4.36. The van der Waals surface area contributed by atoms with E-state index in [0.29, 0.717) is 11.1 Å². The van der Waals surface area contributed by atoms with Crippen LogP contribution in [0.25, 0.3) is 0 Å². The number of alkyl carbamates (subject to hydrolysis) is 2. The fourth-order valence-electron chi connectivity index (χ4n) is 3.75. The van der Waals surface area contributed by atoms with Gasteiger partial charge >= 0.3 is 24.1 Å². The SMILES string of the molecule is CC(C)(C)OC(=O)N[C@@H](c1ccccc1)[C@H]1OC(=O)[C@@H]([C@@H](NC(=O)OC(C)(C)C)c2ccccc2)OC1=O. The molecular weight excluding hydrogens is 492 g/mol. The van der Waals surface area contributed by atoms with Gasteiger partial charge in [-0.1, -0.05) is 60.7 Å². The molecule has 4 atom stereocenters. The largest absolute Gasteiger partial charge is 0.445 e. The van der Waals surface area contributed by atoms with Crippen molar-refractivity contribution >= 4 is 24.1 Å². The minimum absolute atomic E-state index is 0.498. The van der Waals surface area contributed by atoms with Crippen molar-refractivity contribution in [3.63, 3.8) is 0 Å². The topological polar surface area (TPSA) is 129 Å². The van der Waals surface area contributed by atoms with Gasteiger partial charge in [0.25, 0.3) is 0 Å². The molecule has 0 saturated carbocycles. The molecule has 1 fully saturated rings. The van der Waals surface area contributed by atoms with Crippen molar-refractivity contribution in [1.82, 2.24) is 10.6 Å². The number of carbonyl (C=O) groups is 4. The van der Waals surface area contributed by atoms with Gasteiger partial charge in [0.2, 0.25) is 12.2 Å². The summed E-state index contributed by atoms with van der Waals surface area (Å²) < 4.78 is 21.8. The molecule has 1 aliphatic heterocycles. The average molecular weight is 527 g/mol. The Labute approximate surface area is 222 Å². The fourth-order valence-corrected chi connectivity index (χ4v) is 3.75. The first-order valence-corrected chi connectivity index (χ1v) is 12.2. The molecule has 0 radical (unpaired) electrons. The maximum atomic E-state index is 13.2. The smallest absolute Gasteiger partial charge is 0.408 e. The van der Waals surface area contributed by atoms with Gasteiger partial charge in [0.1, 0.15) is 23.3 Å². The van der Waals surface area contributed by atoms with Crippen LogP contribution in [-0.2, 0) is 28.5 Å². The van der Waals surface area contributed by atoms with Crippen LogP contribution in [0.15, 0.2) is 60.7 Å². The molecule has 0 aromatic heterocycles. The molecule has 204 valence electrons. The molecule has 0 unspecified atom stereocenters. The summed E-state index contributed by atoms with van der Waals surface area (Å²) in [4.78, 5) is 51.7.